The number of carboxylic acids is 1. The number of nitrogens with zero attached hydrogens (tertiary/aromatic N) is 1. The number of fused-ring (bicyclic) bond motifs is 3. The SMILES string of the molecule is O=C([O-])CCCS(=O)(=O)c1c[c-]c(Nc2cc(S(=O)(=O)[O-])c3nc(=O)c(=C(O)C(O)c4cccc5ccccc45)c4c5ccccc5c(=O)c2c3=4)c(S(=O)(=O)[O-])c1.O=S(=O)=O.[Na+].[Na+].[Na+].[Na+]. The molecule has 5 aromatic rings. The van der Waals surface area contributed by atoms with Gasteiger partial charge in [-0.25, -0.2) is 21.8 Å². The van der Waals surface area contributed by atoms with Gasteiger partial charge in [0, 0.05) is 27.5 Å². The molecule has 0 aromatic heterocycles. The average molecular weight is 1000 g/mol. The van der Waals surface area contributed by atoms with Gasteiger partial charge in [-0.3, -0.25) is 18.0 Å². The zero-order chi connectivity index (χ0) is 44.8. The molecular weight excluding hydrogens is 977 g/mol. The molecule has 316 valence electrons. The smallest absolute Gasteiger partial charge is 0.754 e. The third kappa shape index (κ3) is 12.6. The van der Waals surface area contributed by atoms with Gasteiger partial charge < -0.3 is 34.5 Å². The molecule has 7 rings (SSSR count). The zero-order valence-electron chi connectivity index (χ0n) is 34.4. The van der Waals surface area contributed by atoms with E-state index in [4.69, 9.17) is 12.6 Å². The first-order chi connectivity index (χ1) is 28.5. The van der Waals surface area contributed by atoms with Crippen LogP contribution in [0.5, 0.6) is 0 Å². The maximum absolute atomic E-state index is 14.3. The molecule has 0 spiro atoms. The molecule has 65 heavy (non-hydrogen) atoms. The summed E-state index contributed by atoms with van der Waals surface area (Å²) in [5.41, 5.74) is -4.26. The van der Waals surface area contributed by atoms with E-state index in [9.17, 15) is 64.1 Å². The van der Waals surface area contributed by atoms with Gasteiger partial charge in [0.05, 0.1) is 36.8 Å². The molecule has 0 saturated carbocycles. The number of aliphatic hydroxyl groups excluding tert-OH is 2. The third-order valence-corrected chi connectivity index (χ3v) is 12.8. The number of benzene rings is 5. The summed E-state index contributed by atoms with van der Waals surface area (Å²) >= 11 is 0. The summed E-state index contributed by atoms with van der Waals surface area (Å²) in [6.45, 7) is 0. The van der Waals surface area contributed by atoms with Gasteiger partial charge in [0.1, 0.15) is 31.8 Å². The van der Waals surface area contributed by atoms with Crippen molar-refractivity contribution in [2.24, 2.45) is 0 Å². The van der Waals surface area contributed by atoms with Crippen LogP contribution in [0.4, 0.5) is 11.4 Å². The van der Waals surface area contributed by atoms with Crippen molar-refractivity contribution >= 4 is 96.2 Å². The monoisotopic (exact) mass is 1000 g/mol. The average Bonchev–Trinajstić information content (AvgIpc) is 3.18. The number of carboxylic acid groups (broad SMARTS) is 1. The summed E-state index contributed by atoms with van der Waals surface area (Å²) in [4.78, 5) is 39.7. The molecule has 1 unspecified atom stereocenters. The van der Waals surface area contributed by atoms with Crippen molar-refractivity contribution in [1.82, 2.24) is 4.98 Å². The van der Waals surface area contributed by atoms with Crippen LogP contribution >= 0.6 is 0 Å². The van der Waals surface area contributed by atoms with Crippen molar-refractivity contribution in [2.75, 3.05) is 11.1 Å². The van der Waals surface area contributed by atoms with Crippen molar-refractivity contribution in [3.63, 3.8) is 0 Å². The summed E-state index contributed by atoms with van der Waals surface area (Å²) < 4.78 is 127. The van der Waals surface area contributed by atoms with Gasteiger partial charge in [-0.2, -0.15) is 12.1 Å². The van der Waals surface area contributed by atoms with E-state index in [0.29, 0.717) is 22.9 Å². The van der Waals surface area contributed by atoms with Gasteiger partial charge in [-0.05, 0) is 50.4 Å². The van der Waals surface area contributed by atoms with Crippen molar-refractivity contribution in [3.8, 4) is 0 Å². The molecule has 0 bridgehead atoms. The van der Waals surface area contributed by atoms with Crippen molar-refractivity contribution in [3.05, 3.63) is 133 Å². The van der Waals surface area contributed by atoms with Crippen LogP contribution in [0.1, 0.15) is 24.5 Å². The van der Waals surface area contributed by atoms with E-state index in [2.05, 4.69) is 16.4 Å². The molecule has 1 atom stereocenters. The number of sulfone groups is 1. The van der Waals surface area contributed by atoms with Crippen LogP contribution in [0.2, 0.25) is 0 Å². The van der Waals surface area contributed by atoms with Crippen LogP contribution in [0.3, 0.4) is 0 Å². The normalized spacial score (nSPS) is 12.4. The van der Waals surface area contributed by atoms with Gasteiger partial charge in [0.2, 0.25) is 0 Å². The number of anilines is 2. The molecule has 2 aliphatic rings. The van der Waals surface area contributed by atoms with E-state index in [1.165, 1.54) is 30.3 Å². The number of aliphatic hydroxyl groups is 2. The number of nitrogens with one attached hydrogen (secondary N) is 1. The van der Waals surface area contributed by atoms with E-state index < -0.39 is 135 Å². The van der Waals surface area contributed by atoms with Crippen molar-refractivity contribution in [2.45, 2.75) is 33.6 Å². The second kappa shape index (κ2) is 23.2. The Morgan fingerprint density at radius 3 is 1.92 bits per heavy atom. The minimum atomic E-state index is -5.61. The van der Waals surface area contributed by atoms with Crippen LogP contribution in [0, 0.1) is 16.5 Å². The minimum Gasteiger partial charge on any atom is -0.754 e. The van der Waals surface area contributed by atoms with E-state index in [-0.39, 0.29) is 140 Å². The molecule has 1 aliphatic heterocycles. The summed E-state index contributed by atoms with van der Waals surface area (Å²) in [7, 11) is -18.7. The fourth-order valence-corrected chi connectivity index (χ4v) is 9.47. The van der Waals surface area contributed by atoms with E-state index in [1.807, 2.05) is 0 Å². The second-order valence-electron chi connectivity index (χ2n) is 13.0. The Kier molecular flexibility index (Phi) is 21.0. The summed E-state index contributed by atoms with van der Waals surface area (Å²) in [6.07, 6.45) is -2.96. The third-order valence-electron chi connectivity index (χ3n) is 9.32. The molecule has 5 aromatic carbocycles. The Balaban J connectivity index is 0.00000174. The first-order valence-corrected chi connectivity index (χ1v) is 22.5. The maximum atomic E-state index is 14.3. The summed E-state index contributed by atoms with van der Waals surface area (Å²) in [5.74, 6) is -3.28. The fourth-order valence-electron chi connectivity index (χ4n) is 6.82. The van der Waals surface area contributed by atoms with Gasteiger partial charge in [-0.15, -0.1) is 18.7 Å². The Bertz CT molecular complexity index is 3690. The predicted molar refractivity (Wildman–Crippen MR) is 209 cm³/mol. The van der Waals surface area contributed by atoms with E-state index >= 15 is 0 Å². The molecule has 19 nitrogen and oxygen atoms in total. The van der Waals surface area contributed by atoms with Gasteiger partial charge in [0.25, 0.3) is 5.56 Å². The summed E-state index contributed by atoms with van der Waals surface area (Å²) in [5, 5.41) is 35.6. The van der Waals surface area contributed by atoms with E-state index in [0.717, 1.165) is 6.07 Å². The molecule has 1 aliphatic carbocycles. The molecule has 0 amide bonds. The Hall–Kier alpha value is -2.47. The van der Waals surface area contributed by atoms with Gasteiger partial charge in [-0.1, -0.05) is 72.4 Å². The molecule has 0 radical (unpaired) electrons. The molecule has 0 fully saturated rings. The zero-order valence-corrected chi connectivity index (χ0v) is 45.6. The van der Waals surface area contributed by atoms with Crippen LogP contribution in [-0.4, -0.2) is 73.9 Å². The fraction of sp³-hybridized carbons (Fsp3) is 0.105. The molecule has 0 saturated heterocycles. The summed E-state index contributed by atoms with van der Waals surface area (Å²) in [6, 6.07) is 21.3. The van der Waals surface area contributed by atoms with Crippen molar-refractivity contribution < 1.29 is 185 Å². The van der Waals surface area contributed by atoms with Crippen LogP contribution in [0.15, 0.2) is 109 Å². The van der Waals surface area contributed by atoms with Crippen LogP contribution in [0.25, 0.3) is 38.2 Å². The Labute approximate surface area is 458 Å². The second-order valence-corrected chi connectivity index (χ2v) is 18.2. The number of rotatable bonds is 11. The Morgan fingerprint density at radius 2 is 1.34 bits per heavy atom. The first-order valence-electron chi connectivity index (χ1n) is 17.0. The van der Waals surface area contributed by atoms with Crippen LogP contribution < -0.4 is 145 Å². The number of aliphatic carboxylic acids is 1. The molecular formula is C38H24N2Na4O17S4. The first kappa shape index (κ1) is 58.7. The minimum absolute atomic E-state index is 0. The van der Waals surface area contributed by atoms with Gasteiger partial charge >= 0.3 is 129 Å². The number of hydrogen-bond donors (Lipinski definition) is 3. The number of carbonyl (C=O) groups is 1. The van der Waals surface area contributed by atoms with Crippen LogP contribution in [-0.2, 0) is 45.5 Å². The molecule has 27 heteroatoms. The predicted octanol–water partition coefficient (Wildman–Crippen LogP) is -11.8. The maximum Gasteiger partial charge on any atom is 1.00 e. The molecule has 1 heterocycles. The Morgan fingerprint density at radius 1 is 0.785 bits per heavy atom. The van der Waals surface area contributed by atoms with Crippen molar-refractivity contribution in [1.29, 1.82) is 0 Å². The largest absolute Gasteiger partial charge is 1.00 e. The van der Waals surface area contributed by atoms with E-state index in [1.54, 1.807) is 36.4 Å². The molecule has 3 N–H and O–H groups in total. The number of aromatic nitrogens is 1. The number of hydrogen-bond acceptors (Lipinski definition) is 19. The van der Waals surface area contributed by atoms with Gasteiger partial charge in [0.15, 0.2) is 5.43 Å². The standard InChI is InChI=1S/C38H27N2O14S3.4Na.O3S/c41-29(42)13-6-16-55(47,48)20-14-15-25(27(17-20)56(49,50)51)39-26-18-28(57(52,53)54)34-32-30(22-10-3-4-11-24(22)35(43)31(26)32)33(38(46)40-34)37(45)36(44)23-12-5-8-19-7-1-2-9-21(19)23;;;;;1-4(2)3/h1-5,7-12,14,17-18,36,39,44-45H,6,13,16H2,(H,41,42)(H,49,50,51)(H,52,53,54);;;;;/q-1;4*+1;/p-3. The quantitative estimate of drug-likeness (QED) is 0.0615. The topological polar surface area (TPSA) is 339 Å². The number of carbonyl (C=O) groups excluding carboxylic acids is 1.